The number of hydrogen-bond donors (Lipinski definition) is 5. The highest BCUT2D eigenvalue weighted by Gasteiger charge is 2.36. The minimum absolute atomic E-state index is 0.00914. The van der Waals surface area contributed by atoms with Crippen LogP contribution in [-0.2, 0) is 24.0 Å². The van der Waals surface area contributed by atoms with Gasteiger partial charge in [-0.1, -0.05) is 0 Å². The van der Waals surface area contributed by atoms with E-state index >= 15 is 0 Å². The zero-order valence-electron chi connectivity index (χ0n) is 16.0. The van der Waals surface area contributed by atoms with Crippen molar-refractivity contribution in [3.63, 3.8) is 0 Å². The molecule has 2 rings (SSSR count). The van der Waals surface area contributed by atoms with Gasteiger partial charge in [-0.05, 0) is 25.7 Å². The van der Waals surface area contributed by atoms with Crippen molar-refractivity contribution in [2.75, 3.05) is 31.9 Å². The molecule has 0 aromatic heterocycles. The van der Waals surface area contributed by atoms with Gasteiger partial charge in [0.05, 0.1) is 13.1 Å². The van der Waals surface area contributed by atoms with E-state index in [4.69, 9.17) is 10.8 Å². The maximum absolute atomic E-state index is 12.5. The summed E-state index contributed by atoms with van der Waals surface area (Å²) in [6.45, 7) is 0.187. The van der Waals surface area contributed by atoms with Crippen molar-refractivity contribution in [1.29, 1.82) is 0 Å². The fourth-order valence-electron chi connectivity index (χ4n) is 3.63. The maximum atomic E-state index is 12.5. The van der Waals surface area contributed by atoms with Gasteiger partial charge in [-0.3, -0.25) is 19.2 Å². The number of nitrogens with two attached hydrogens (primary N) is 1. The molecule has 2 aliphatic rings. The van der Waals surface area contributed by atoms with Crippen molar-refractivity contribution < 1.29 is 29.1 Å². The van der Waals surface area contributed by atoms with Gasteiger partial charge in [-0.2, -0.15) is 12.6 Å². The zero-order chi connectivity index (χ0) is 21.6. The number of nitrogens with one attached hydrogen (secondary N) is 2. The third kappa shape index (κ3) is 5.60. The number of thiol groups is 1. The number of nitrogens with zero attached hydrogens (tertiary/aromatic N) is 2. The SMILES string of the molecule is NCC(=O)N1CCC[C@H]1C(=O)N[C@@H](CS)C(=O)NCC(=O)N1CCC[C@H]1C(=O)O. The van der Waals surface area contributed by atoms with Crippen LogP contribution in [0, 0.1) is 0 Å². The van der Waals surface area contributed by atoms with Crippen molar-refractivity contribution in [2.45, 2.75) is 43.8 Å². The quantitative estimate of drug-likeness (QED) is 0.267. The smallest absolute Gasteiger partial charge is 0.326 e. The molecule has 2 saturated heterocycles. The second kappa shape index (κ2) is 10.4. The van der Waals surface area contributed by atoms with E-state index in [9.17, 15) is 24.0 Å². The molecule has 2 aliphatic heterocycles. The molecule has 0 bridgehead atoms. The molecular formula is C17H27N5O6S. The normalized spacial score (nSPS) is 22.3. The van der Waals surface area contributed by atoms with Crippen LogP contribution in [0.5, 0.6) is 0 Å². The summed E-state index contributed by atoms with van der Waals surface area (Å²) in [5.41, 5.74) is 5.37. The highest BCUT2D eigenvalue weighted by Crippen LogP contribution is 2.18. The van der Waals surface area contributed by atoms with Crippen LogP contribution >= 0.6 is 12.6 Å². The van der Waals surface area contributed by atoms with Crippen LogP contribution in [0.2, 0.25) is 0 Å². The molecule has 0 radical (unpaired) electrons. The molecule has 0 saturated carbocycles. The Kier molecular flexibility index (Phi) is 8.26. The number of likely N-dealkylation sites (tertiary alicyclic amines) is 2. The number of carbonyl (C=O) groups is 5. The number of amides is 4. The summed E-state index contributed by atoms with van der Waals surface area (Å²) in [6, 6.07) is -2.57. The van der Waals surface area contributed by atoms with E-state index < -0.39 is 41.8 Å². The lowest BCUT2D eigenvalue weighted by Gasteiger charge is -2.26. The Balaban J connectivity index is 1.88. The van der Waals surface area contributed by atoms with Crippen molar-refractivity contribution in [3.8, 4) is 0 Å². The first-order chi connectivity index (χ1) is 13.8. The summed E-state index contributed by atoms with van der Waals surface area (Å²) in [4.78, 5) is 62.8. The molecule has 3 atom stereocenters. The average Bonchev–Trinajstić information content (AvgIpc) is 3.38. The predicted octanol–water partition coefficient (Wildman–Crippen LogP) is -2.46. The van der Waals surface area contributed by atoms with Gasteiger partial charge in [0, 0.05) is 18.8 Å². The first-order valence-electron chi connectivity index (χ1n) is 9.50. The standard InChI is InChI=1S/C17H27N5O6S/c18-7-13(23)21-5-1-3-11(21)16(26)20-10(9-29)15(25)19-8-14(24)22-6-2-4-12(22)17(27)28/h10-12,29H,1-9,18H2,(H,19,25)(H,20,26)(H,27,28)/t10-,11-,12-/m0/s1. The molecule has 2 fully saturated rings. The molecule has 12 heteroatoms. The third-order valence-electron chi connectivity index (χ3n) is 5.14. The van der Waals surface area contributed by atoms with Crippen LogP contribution < -0.4 is 16.4 Å². The monoisotopic (exact) mass is 429 g/mol. The van der Waals surface area contributed by atoms with E-state index in [1.807, 2.05) is 0 Å². The van der Waals surface area contributed by atoms with Gasteiger partial charge in [-0.25, -0.2) is 4.79 Å². The molecule has 11 nitrogen and oxygen atoms in total. The summed E-state index contributed by atoms with van der Waals surface area (Å²) in [6.07, 6.45) is 2.11. The van der Waals surface area contributed by atoms with Crippen LogP contribution in [0.15, 0.2) is 0 Å². The fraction of sp³-hybridized carbons (Fsp3) is 0.706. The van der Waals surface area contributed by atoms with Crippen molar-refractivity contribution >= 4 is 42.2 Å². The largest absolute Gasteiger partial charge is 0.480 e. The predicted molar refractivity (Wildman–Crippen MR) is 105 cm³/mol. The van der Waals surface area contributed by atoms with Crippen LogP contribution in [-0.4, -0.2) is 94.6 Å². The first-order valence-corrected chi connectivity index (χ1v) is 10.1. The van der Waals surface area contributed by atoms with Crippen LogP contribution in [0.3, 0.4) is 0 Å². The molecule has 0 aromatic rings. The molecule has 29 heavy (non-hydrogen) atoms. The molecule has 0 aromatic carbocycles. The van der Waals surface area contributed by atoms with Crippen molar-refractivity contribution in [2.24, 2.45) is 5.73 Å². The summed E-state index contributed by atoms with van der Waals surface area (Å²) in [7, 11) is 0. The van der Waals surface area contributed by atoms with E-state index in [0.717, 1.165) is 0 Å². The Bertz CT molecular complexity index is 675. The minimum atomic E-state index is -1.07. The number of rotatable bonds is 8. The topological polar surface area (TPSA) is 162 Å². The number of carboxylic acids is 1. The maximum Gasteiger partial charge on any atom is 0.326 e. The highest BCUT2D eigenvalue weighted by molar-refractivity contribution is 7.80. The number of carboxylic acid groups (broad SMARTS) is 1. The Hall–Kier alpha value is -2.34. The number of carbonyl (C=O) groups excluding carboxylic acids is 4. The molecule has 162 valence electrons. The molecular weight excluding hydrogens is 402 g/mol. The molecule has 0 unspecified atom stereocenters. The average molecular weight is 429 g/mol. The Morgan fingerprint density at radius 2 is 1.62 bits per heavy atom. The van der Waals surface area contributed by atoms with E-state index in [0.29, 0.717) is 38.8 Å². The summed E-state index contributed by atoms with van der Waals surface area (Å²) in [5.74, 6) is -3.00. The molecule has 4 amide bonds. The second-order valence-corrected chi connectivity index (χ2v) is 7.36. The molecule has 0 aliphatic carbocycles. The van der Waals surface area contributed by atoms with Gasteiger partial charge < -0.3 is 31.3 Å². The lowest BCUT2D eigenvalue weighted by atomic mass is 10.2. The van der Waals surface area contributed by atoms with Crippen LogP contribution in [0.1, 0.15) is 25.7 Å². The van der Waals surface area contributed by atoms with Gasteiger partial charge in [-0.15, -0.1) is 0 Å². The first kappa shape index (κ1) is 22.9. The fourth-order valence-corrected chi connectivity index (χ4v) is 3.88. The Morgan fingerprint density at radius 3 is 2.17 bits per heavy atom. The summed E-state index contributed by atoms with van der Waals surface area (Å²) in [5, 5.41) is 14.1. The molecule has 0 spiro atoms. The lowest BCUT2D eigenvalue weighted by molar-refractivity contribution is -0.148. The summed E-state index contributed by atoms with van der Waals surface area (Å²) < 4.78 is 0. The minimum Gasteiger partial charge on any atom is -0.480 e. The Morgan fingerprint density at radius 1 is 1.03 bits per heavy atom. The third-order valence-corrected chi connectivity index (χ3v) is 5.50. The van der Waals surface area contributed by atoms with Crippen molar-refractivity contribution in [1.82, 2.24) is 20.4 Å². The van der Waals surface area contributed by atoms with Gasteiger partial charge >= 0.3 is 5.97 Å². The van der Waals surface area contributed by atoms with Crippen LogP contribution in [0.25, 0.3) is 0 Å². The van der Waals surface area contributed by atoms with Gasteiger partial charge in [0.15, 0.2) is 0 Å². The molecule has 5 N–H and O–H groups in total. The van der Waals surface area contributed by atoms with E-state index in [2.05, 4.69) is 23.3 Å². The zero-order valence-corrected chi connectivity index (χ0v) is 16.9. The molecule has 2 heterocycles. The van der Waals surface area contributed by atoms with Crippen molar-refractivity contribution in [3.05, 3.63) is 0 Å². The van der Waals surface area contributed by atoms with E-state index in [1.165, 1.54) is 9.80 Å². The van der Waals surface area contributed by atoms with Gasteiger partial charge in [0.2, 0.25) is 23.6 Å². The Labute approximate surface area is 173 Å². The lowest BCUT2D eigenvalue weighted by Crippen LogP contribution is -2.55. The number of aliphatic carboxylic acids is 1. The number of hydrogen-bond acceptors (Lipinski definition) is 7. The van der Waals surface area contributed by atoms with E-state index in [-0.39, 0.29) is 24.7 Å². The highest BCUT2D eigenvalue weighted by atomic mass is 32.1. The second-order valence-electron chi connectivity index (χ2n) is 6.99. The summed E-state index contributed by atoms with van der Waals surface area (Å²) >= 11 is 4.08. The van der Waals surface area contributed by atoms with E-state index in [1.54, 1.807) is 0 Å². The van der Waals surface area contributed by atoms with Crippen LogP contribution in [0.4, 0.5) is 0 Å². The van der Waals surface area contributed by atoms with Gasteiger partial charge in [0.1, 0.15) is 18.1 Å². The van der Waals surface area contributed by atoms with Gasteiger partial charge in [0.25, 0.3) is 0 Å².